The van der Waals surface area contributed by atoms with Gasteiger partial charge in [-0.2, -0.15) is 4.98 Å². The van der Waals surface area contributed by atoms with E-state index in [0.29, 0.717) is 22.4 Å². The van der Waals surface area contributed by atoms with Crippen LogP contribution in [0.5, 0.6) is 0 Å². The molecule has 0 atom stereocenters. The molecule has 0 fully saturated rings. The predicted molar refractivity (Wildman–Crippen MR) is 78.4 cm³/mol. The van der Waals surface area contributed by atoms with Gasteiger partial charge in [-0.15, -0.1) is 0 Å². The molecule has 6 heteroatoms. The van der Waals surface area contributed by atoms with Crippen LogP contribution in [0.15, 0.2) is 22.7 Å². The van der Waals surface area contributed by atoms with Crippen LogP contribution < -0.4 is 5.73 Å². The molecule has 0 radical (unpaired) electrons. The van der Waals surface area contributed by atoms with Crippen molar-refractivity contribution in [1.29, 1.82) is 0 Å². The molecule has 2 aromatic rings. The van der Waals surface area contributed by atoms with E-state index < -0.39 is 5.60 Å². The summed E-state index contributed by atoms with van der Waals surface area (Å²) in [4.78, 5) is 4.43. The SMILES string of the molecule is CCC(CC)(OC)c1noc(-c2ccc(N)c(Cl)c2)n1. The maximum absolute atomic E-state index is 6.00. The molecule has 5 nitrogen and oxygen atoms in total. The van der Waals surface area contributed by atoms with Gasteiger partial charge in [0.2, 0.25) is 5.82 Å². The van der Waals surface area contributed by atoms with Crippen LogP contribution in [0.3, 0.4) is 0 Å². The van der Waals surface area contributed by atoms with E-state index in [1.165, 1.54) is 0 Å². The zero-order chi connectivity index (χ0) is 14.8. The molecule has 0 aliphatic carbocycles. The first-order valence-electron chi connectivity index (χ1n) is 6.51. The Bertz CT molecular complexity index is 586. The van der Waals surface area contributed by atoms with Crippen LogP contribution in [0.25, 0.3) is 11.5 Å². The minimum Gasteiger partial charge on any atom is -0.398 e. The van der Waals surface area contributed by atoms with Gasteiger partial charge in [0.25, 0.3) is 5.89 Å². The van der Waals surface area contributed by atoms with Crippen LogP contribution in [0.2, 0.25) is 5.02 Å². The van der Waals surface area contributed by atoms with E-state index in [1.807, 2.05) is 13.8 Å². The average molecular weight is 296 g/mol. The Morgan fingerprint density at radius 2 is 2.05 bits per heavy atom. The number of hydrogen-bond acceptors (Lipinski definition) is 5. The van der Waals surface area contributed by atoms with Crippen molar-refractivity contribution in [3.05, 3.63) is 29.0 Å². The second-order valence-corrected chi connectivity index (χ2v) is 4.97. The number of ether oxygens (including phenoxy) is 1. The van der Waals surface area contributed by atoms with E-state index in [4.69, 9.17) is 26.6 Å². The van der Waals surface area contributed by atoms with Crippen molar-refractivity contribution < 1.29 is 9.26 Å². The summed E-state index contributed by atoms with van der Waals surface area (Å²) in [5.41, 5.74) is 6.43. The number of anilines is 1. The number of benzene rings is 1. The van der Waals surface area contributed by atoms with E-state index in [1.54, 1.807) is 25.3 Å². The highest BCUT2D eigenvalue weighted by atomic mass is 35.5. The molecule has 0 spiro atoms. The Kier molecular flexibility index (Phi) is 4.30. The molecule has 1 aromatic heterocycles. The third-order valence-electron chi connectivity index (χ3n) is 3.61. The summed E-state index contributed by atoms with van der Waals surface area (Å²) in [7, 11) is 1.66. The second-order valence-electron chi connectivity index (χ2n) is 4.56. The van der Waals surface area contributed by atoms with Gasteiger partial charge in [-0.1, -0.05) is 30.6 Å². The number of nitrogens with zero attached hydrogens (tertiary/aromatic N) is 2. The van der Waals surface area contributed by atoms with E-state index in [9.17, 15) is 0 Å². The fraction of sp³-hybridized carbons (Fsp3) is 0.429. The predicted octanol–water partition coefficient (Wildman–Crippen LogP) is 3.63. The molecule has 108 valence electrons. The molecule has 0 saturated carbocycles. The highest BCUT2D eigenvalue weighted by molar-refractivity contribution is 6.33. The van der Waals surface area contributed by atoms with E-state index >= 15 is 0 Å². The molecule has 0 saturated heterocycles. The van der Waals surface area contributed by atoms with Crippen LogP contribution in [0, 0.1) is 0 Å². The largest absolute Gasteiger partial charge is 0.398 e. The van der Waals surface area contributed by atoms with Crippen molar-refractivity contribution in [2.75, 3.05) is 12.8 Å². The number of rotatable bonds is 5. The quantitative estimate of drug-likeness (QED) is 0.853. The third kappa shape index (κ3) is 2.51. The third-order valence-corrected chi connectivity index (χ3v) is 3.94. The van der Waals surface area contributed by atoms with Gasteiger partial charge in [-0.3, -0.25) is 0 Å². The summed E-state index contributed by atoms with van der Waals surface area (Å²) < 4.78 is 10.9. The highest BCUT2D eigenvalue weighted by Gasteiger charge is 2.33. The van der Waals surface area contributed by atoms with Crippen molar-refractivity contribution >= 4 is 17.3 Å². The Morgan fingerprint density at radius 3 is 2.60 bits per heavy atom. The first-order valence-corrected chi connectivity index (χ1v) is 6.88. The molecule has 2 rings (SSSR count). The van der Waals surface area contributed by atoms with Crippen molar-refractivity contribution in [3.63, 3.8) is 0 Å². The summed E-state index contributed by atoms with van der Waals surface area (Å²) in [6.07, 6.45) is 1.53. The Balaban J connectivity index is 2.39. The van der Waals surface area contributed by atoms with Crippen LogP contribution in [-0.2, 0) is 10.3 Å². The van der Waals surface area contributed by atoms with Crippen molar-refractivity contribution in [2.45, 2.75) is 32.3 Å². The lowest BCUT2D eigenvalue weighted by atomic mass is 9.96. The number of nitrogens with two attached hydrogens (primary N) is 1. The van der Waals surface area contributed by atoms with Gasteiger partial charge in [0.05, 0.1) is 10.7 Å². The molecular weight excluding hydrogens is 278 g/mol. The first-order chi connectivity index (χ1) is 9.56. The summed E-state index contributed by atoms with van der Waals surface area (Å²) in [6, 6.07) is 5.22. The lowest BCUT2D eigenvalue weighted by Crippen LogP contribution is -2.28. The van der Waals surface area contributed by atoms with Gasteiger partial charge in [0.1, 0.15) is 5.60 Å². The molecule has 0 amide bonds. The number of hydrogen-bond donors (Lipinski definition) is 1. The van der Waals surface area contributed by atoms with Crippen LogP contribution in [0.1, 0.15) is 32.5 Å². The minimum absolute atomic E-state index is 0.408. The maximum atomic E-state index is 6.00. The summed E-state index contributed by atoms with van der Waals surface area (Å²) in [5.74, 6) is 0.957. The minimum atomic E-state index is -0.515. The molecule has 1 aromatic carbocycles. The van der Waals surface area contributed by atoms with E-state index in [0.717, 1.165) is 18.4 Å². The number of nitrogen functional groups attached to an aromatic ring is 1. The van der Waals surface area contributed by atoms with E-state index in [-0.39, 0.29) is 0 Å². The van der Waals surface area contributed by atoms with Crippen molar-refractivity contribution in [1.82, 2.24) is 10.1 Å². The van der Waals surface area contributed by atoms with Gasteiger partial charge in [0.15, 0.2) is 0 Å². The van der Waals surface area contributed by atoms with Gasteiger partial charge >= 0.3 is 0 Å². The number of methoxy groups -OCH3 is 1. The van der Waals surface area contributed by atoms with E-state index in [2.05, 4.69) is 10.1 Å². The Labute approximate surface area is 123 Å². The topological polar surface area (TPSA) is 74.2 Å². The Hall–Kier alpha value is -1.59. The maximum Gasteiger partial charge on any atom is 0.258 e. The summed E-state index contributed by atoms with van der Waals surface area (Å²) in [5, 5.41) is 4.51. The molecule has 0 aliphatic heterocycles. The molecule has 20 heavy (non-hydrogen) atoms. The molecule has 0 unspecified atom stereocenters. The van der Waals surface area contributed by atoms with Crippen molar-refractivity contribution in [2.24, 2.45) is 0 Å². The highest BCUT2D eigenvalue weighted by Crippen LogP contribution is 2.32. The molecule has 2 N–H and O–H groups in total. The fourth-order valence-electron chi connectivity index (χ4n) is 2.13. The second kappa shape index (κ2) is 5.81. The lowest BCUT2D eigenvalue weighted by Gasteiger charge is -2.25. The number of halogens is 1. The lowest BCUT2D eigenvalue weighted by molar-refractivity contribution is -0.0306. The summed E-state index contributed by atoms with van der Waals surface area (Å²) in [6.45, 7) is 4.06. The van der Waals surface area contributed by atoms with Gasteiger partial charge < -0.3 is 15.0 Å². The van der Waals surface area contributed by atoms with Gasteiger partial charge in [-0.25, -0.2) is 0 Å². The van der Waals surface area contributed by atoms with Crippen LogP contribution in [0.4, 0.5) is 5.69 Å². The van der Waals surface area contributed by atoms with Crippen molar-refractivity contribution in [3.8, 4) is 11.5 Å². The van der Waals surface area contributed by atoms with Gasteiger partial charge in [0, 0.05) is 12.7 Å². The zero-order valence-corrected chi connectivity index (χ0v) is 12.6. The van der Waals surface area contributed by atoms with Gasteiger partial charge in [-0.05, 0) is 31.0 Å². The standard InChI is InChI=1S/C14H18ClN3O2/c1-4-14(5-2,19-3)13-17-12(20-18-13)9-6-7-11(16)10(15)8-9/h6-8H,4-5,16H2,1-3H3. The fourth-order valence-corrected chi connectivity index (χ4v) is 2.31. The number of aromatic nitrogens is 2. The zero-order valence-electron chi connectivity index (χ0n) is 11.8. The first kappa shape index (κ1) is 14.8. The smallest absolute Gasteiger partial charge is 0.258 e. The van der Waals surface area contributed by atoms with Crippen LogP contribution >= 0.6 is 11.6 Å². The molecule has 1 heterocycles. The van der Waals surface area contributed by atoms with Crippen LogP contribution in [-0.4, -0.2) is 17.3 Å². The average Bonchev–Trinajstić information content (AvgIpc) is 2.95. The summed E-state index contributed by atoms with van der Waals surface area (Å²) >= 11 is 6.00. The normalized spacial score (nSPS) is 11.8. The Morgan fingerprint density at radius 1 is 1.35 bits per heavy atom. The molecule has 0 aliphatic rings. The molecular formula is C14H18ClN3O2. The molecule has 0 bridgehead atoms. The monoisotopic (exact) mass is 295 g/mol.